The molecule has 2 rings (SSSR count). The molecule has 0 aliphatic rings. The number of likely N-dealkylation sites (N-methyl/N-ethyl adjacent to an activating group) is 1. The van der Waals surface area contributed by atoms with Gasteiger partial charge in [-0.15, -0.1) is 0 Å². The highest BCUT2D eigenvalue weighted by Gasteiger charge is 2.12. The fourth-order valence-electron chi connectivity index (χ4n) is 2.24. The van der Waals surface area contributed by atoms with Gasteiger partial charge in [-0.3, -0.25) is 4.98 Å². The van der Waals surface area contributed by atoms with Gasteiger partial charge < -0.3 is 5.32 Å². The Labute approximate surface area is 124 Å². The van der Waals surface area contributed by atoms with E-state index >= 15 is 0 Å². The lowest BCUT2D eigenvalue weighted by molar-refractivity contribution is 0.546. The van der Waals surface area contributed by atoms with Crippen molar-refractivity contribution in [3.05, 3.63) is 64.2 Å². The lowest BCUT2D eigenvalue weighted by Gasteiger charge is -2.19. The summed E-state index contributed by atoms with van der Waals surface area (Å²) < 4.78 is 13.5. The number of nitrogens with zero attached hydrogens (tertiary/aromatic N) is 1. The molecule has 0 amide bonds. The molecule has 1 atom stereocenters. The summed E-state index contributed by atoms with van der Waals surface area (Å²) in [5.41, 5.74) is 3.06. The summed E-state index contributed by atoms with van der Waals surface area (Å²) in [4.78, 5) is 4.21. The molecule has 1 heterocycles. The van der Waals surface area contributed by atoms with E-state index in [1.54, 1.807) is 12.3 Å². The average Bonchev–Trinajstić information content (AvgIpc) is 2.42. The van der Waals surface area contributed by atoms with Crippen LogP contribution in [0, 0.1) is 12.7 Å². The number of hydrogen-bond acceptors (Lipinski definition) is 2. The van der Waals surface area contributed by atoms with Gasteiger partial charge in [0, 0.05) is 17.9 Å². The second kappa shape index (κ2) is 6.82. The van der Waals surface area contributed by atoms with Crippen LogP contribution in [0.3, 0.4) is 0 Å². The van der Waals surface area contributed by atoms with Crippen LogP contribution in [-0.4, -0.2) is 11.5 Å². The maximum Gasteiger partial charge on any atom is 0.142 e. The van der Waals surface area contributed by atoms with Crippen molar-refractivity contribution in [3.8, 4) is 0 Å². The van der Waals surface area contributed by atoms with E-state index in [1.165, 1.54) is 6.07 Å². The standard InChI is InChI=1S/C16H18ClFN2/c1-3-19-16(13-6-7-20-11(2)8-13)10-12-4-5-14(17)15(18)9-12/h4-9,16,19H,3,10H2,1-2H3. The first-order chi connectivity index (χ1) is 9.60. The van der Waals surface area contributed by atoms with Crippen LogP contribution in [0.4, 0.5) is 4.39 Å². The summed E-state index contributed by atoms with van der Waals surface area (Å²) in [6.45, 7) is 4.88. The van der Waals surface area contributed by atoms with E-state index in [4.69, 9.17) is 11.6 Å². The van der Waals surface area contributed by atoms with Gasteiger partial charge in [0.2, 0.25) is 0 Å². The van der Waals surface area contributed by atoms with Gasteiger partial charge in [0.1, 0.15) is 5.82 Å². The smallest absolute Gasteiger partial charge is 0.142 e. The second-order valence-corrected chi connectivity index (χ2v) is 5.20. The largest absolute Gasteiger partial charge is 0.310 e. The van der Waals surface area contributed by atoms with Gasteiger partial charge >= 0.3 is 0 Å². The Hall–Kier alpha value is -1.45. The van der Waals surface area contributed by atoms with Crippen LogP contribution in [0.2, 0.25) is 5.02 Å². The molecule has 0 fully saturated rings. The van der Waals surface area contributed by atoms with Crippen LogP contribution in [-0.2, 0) is 6.42 Å². The molecule has 106 valence electrons. The van der Waals surface area contributed by atoms with Crippen molar-refractivity contribution in [2.45, 2.75) is 26.3 Å². The van der Waals surface area contributed by atoms with Crippen LogP contribution in [0.25, 0.3) is 0 Å². The van der Waals surface area contributed by atoms with Gasteiger partial charge in [0.15, 0.2) is 0 Å². The van der Waals surface area contributed by atoms with Crippen LogP contribution >= 0.6 is 11.6 Å². The minimum atomic E-state index is -0.370. The van der Waals surface area contributed by atoms with Crippen LogP contribution in [0.1, 0.15) is 29.8 Å². The zero-order valence-corrected chi connectivity index (χ0v) is 12.4. The van der Waals surface area contributed by atoms with Crippen molar-refractivity contribution in [2.75, 3.05) is 6.54 Å². The fraction of sp³-hybridized carbons (Fsp3) is 0.312. The molecule has 0 saturated carbocycles. The molecule has 0 radical (unpaired) electrons. The third-order valence-electron chi connectivity index (χ3n) is 3.20. The number of benzene rings is 1. The Morgan fingerprint density at radius 3 is 2.75 bits per heavy atom. The van der Waals surface area contributed by atoms with Crippen molar-refractivity contribution < 1.29 is 4.39 Å². The Bertz CT molecular complexity index is 586. The van der Waals surface area contributed by atoms with Gasteiger partial charge in [-0.1, -0.05) is 24.6 Å². The van der Waals surface area contributed by atoms with E-state index in [-0.39, 0.29) is 16.9 Å². The van der Waals surface area contributed by atoms with Crippen LogP contribution in [0.15, 0.2) is 36.5 Å². The molecule has 20 heavy (non-hydrogen) atoms. The third-order valence-corrected chi connectivity index (χ3v) is 3.50. The van der Waals surface area contributed by atoms with Crippen molar-refractivity contribution in [3.63, 3.8) is 0 Å². The van der Waals surface area contributed by atoms with E-state index in [2.05, 4.69) is 23.3 Å². The average molecular weight is 293 g/mol. The Morgan fingerprint density at radius 1 is 1.30 bits per heavy atom. The highest BCUT2D eigenvalue weighted by Crippen LogP contribution is 2.22. The van der Waals surface area contributed by atoms with Crippen molar-refractivity contribution in [2.24, 2.45) is 0 Å². The number of rotatable bonds is 5. The third kappa shape index (κ3) is 3.78. The molecule has 0 aliphatic carbocycles. The van der Waals surface area contributed by atoms with Crippen LogP contribution < -0.4 is 5.32 Å². The normalized spacial score (nSPS) is 12.4. The maximum absolute atomic E-state index is 13.5. The summed E-state index contributed by atoms with van der Waals surface area (Å²) >= 11 is 5.72. The Kier molecular flexibility index (Phi) is 5.10. The lowest BCUT2D eigenvalue weighted by atomic mass is 9.99. The summed E-state index contributed by atoms with van der Waals surface area (Å²) in [5, 5.41) is 3.59. The number of halogens is 2. The first-order valence-electron chi connectivity index (χ1n) is 6.70. The number of nitrogens with one attached hydrogen (secondary N) is 1. The lowest BCUT2D eigenvalue weighted by Crippen LogP contribution is -2.23. The van der Waals surface area contributed by atoms with Crippen molar-refractivity contribution in [1.82, 2.24) is 10.3 Å². The summed E-state index contributed by atoms with van der Waals surface area (Å²) in [7, 11) is 0. The van der Waals surface area contributed by atoms with Gasteiger partial charge in [-0.25, -0.2) is 4.39 Å². The maximum atomic E-state index is 13.5. The number of pyridine rings is 1. The molecule has 1 aromatic heterocycles. The van der Waals surface area contributed by atoms with Crippen LogP contribution in [0.5, 0.6) is 0 Å². The van der Waals surface area contributed by atoms with E-state index < -0.39 is 0 Å². The van der Waals surface area contributed by atoms with Gasteiger partial charge in [0.05, 0.1) is 5.02 Å². The fourth-order valence-corrected chi connectivity index (χ4v) is 2.36. The SMILES string of the molecule is CCNC(Cc1ccc(Cl)c(F)c1)c1ccnc(C)c1. The molecule has 1 N–H and O–H groups in total. The molecular weight excluding hydrogens is 275 g/mol. The number of aryl methyl sites for hydroxylation is 1. The monoisotopic (exact) mass is 292 g/mol. The van der Waals surface area contributed by atoms with E-state index in [9.17, 15) is 4.39 Å². The van der Waals surface area contributed by atoms with Gasteiger partial charge in [-0.05, 0) is 55.3 Å². The highest BCUT2D eigenvalue weighted by molar-refractivity contribution is 6.30. The number of aromatic nitrogens is 1. The molecule has 0 bridgehead atoms. The zero-order chi connectivity index (χ0) is 14.5. The topological polar surface area (TPSA) is 24.9 Å². The molecule has 2 aromatic rings. The molecule has 0 saturated heterocycles. The highest BCUT2D eigenvalue weighted by atomic mass is 35.5. The van der Waals surface area contributed by atoms with E-state index in [1.807, 2.05) is 19.1 Å². The Balaban J connectivity index is 2.22. The minimum Gasteiger partial charge on any atom is -0.310 e. The molecule has 2 nitrogen and oxygen atoms in total. The summed E-state index contributed by atoms with van der Waals surface area (Å²) in [6.07, 6.45) is 2.52. The molecule has 0 aliphatic heterocycles. The summed E-state index contributed by atoms with van der Waals surface area (Å²) in [5.74, 6) is -0.370. The van der Waals surface area contributed by atoms with Crippen molar-refractivity contribution >= 4 is 11.6 Å². The van der Waals surface area contributed by atoms with Gasteiger partial charge in [-0.2, -0.15) is 0 Å². The molecule has 1 aromatic carbocycles. The molecule has 4 heteroatoms. The minimum absolute atomic E-state index is 0.141. The van der Waals surface area contributed by atoms with Crippen molar-refractivity contribution in [1.29, 1.82) is 0 Å². The predicted octanol–water partition coefficient (Wildman–Crippen LogP) is 4.08. The quantitative estimate of drug-likeness (QED) is 0.898. The first-order valence-corrected chi connectivity index (χ1v) is 7.07. The molecule has 0 spiro atoms. The molecular formula is C16H18ClFN2. The second-order valence-electron chi connectivity index (χ2n) is 4.79. The first kappa shape index (κ1) is 14.9. The zero-order valence-electron chi connectivity index (χ0n) is 11.7. The predicted molar refractivity (Wildman–Crippen MR) is 80.5 cm³/mol. The van der Waals surface area contributed by atoms with E-state index in [0.717, 1.165) is 23.4 Å². The Morgan fingerprint density at radius 2 is 2.10 bits per heavy atom. The number of hydrogen-bond donors (Lipinski definition) is 1. The summed E-state index contributed by atoms with van der Waals surface area (Å²) in [6, 6.07) is 9.16. The molecule has 1 unspecified atom stereocenters. The van der Waals surface area contributed by atoms with E-state index in [0.29, 0.717) is 6.42 Å². The van der Waals surface area contributed by atoms with Gasteiger partial charge in [0.25, 0.3) is 0 Å².